The van der Waals surface area contributed by atoms with Crippen LogP contribution in [-0.4, -0.2) is 48.1 Å². The molecular weight excluding hydrogens is 402 g/mol. The summed E-state index contributed by atoms with van der Waals surface area (Å²) in [4.78, 5) is 23.5. The van der Waals surface area contributed by atoms with Gasteiger partial charge in [-0.05, 0) is 49.3 Å². The van der Waals surface area contributed by atoms with Crippen molar-refractivity contribution in [3.05, 3.63) is 46.5 Å². The summed E-state index contributed by atoms with van der Waals surface area (Å²) in [5.74, 6) is 2.90. The van der Waals surface area contributed by atoms with E-state index in [9.17, 15) is 4.79 Å². The predicted octanol–water partition coefficient (Wildman–Crippen LogP) is 4.76. The maximum absolute atomic E-state index is 12.9. The Balaban J connectivity index is 1.56. The van der Waals surface area contributed by atoms with E-state index < -0.39 is 0 Å². The number of piperidine rings is 1. The minimum Gasteiger partial charge on any atom is -0.497 e. The van der Waals surface area contributed by atoms with E-state index in [2.05, 4.69) is 22.1 Å². The Morgan fingerprint density at radius 1 is 1.17 bits per heavy atom. The molecule has 0 radical (unpaired) electrons. The van der Waals surface area contributed by atoms with Crippen LogP contribution < -0.4 is 9.47 Å². The van der Waals surface area contributed by atoms with Crippen molar-refractivity contribution >= 4 is 17.5 Å². The van der Waals surface area contributed by atoms with Crippen LogP contribution in [0.4, 0.5) is 0 Å². The molecule has 2 aromatic rings. The molecule has 0 N–H and O–H groups in total. The highest BCUT2D eigenvalue weighted by Crippen LogP contribution is 2.28. The largest absolute Gasteiger partial charge is 0.497 e. The molecule has 6 nitrogen and oxygen atoms in total. The number of nitrogens with zero attached hydrogens (tertiary/aromatic N) is 3. The number of rotatable bonds is 7. The Bertz CT molecular complexity index is 858. The number of aromatic nitrogens is 2. The summed E-state index contributed by atoms with van der Waals surface area (Å²) in [7, 11) is 3.33. The lowest BCUT2D eigenvalue weighted by Crippen LogP contribution is -2.39. The number of carbonyl (C=O) groups excluding carboxylic acids is 1. The molecule has 1 amide bonds. The maximum Gasteiger partial charge on any atom is 0.274 e. The lowest BCUT2D eigenvalue weighted by atomic mass is 9.90. The van der Waals surface area contributed by atoms with Crippen molar-refractivity contribution in [2.75, 3.05) is 27.3 Å². The zero-order valence-electron chi connectivity index (χ0n) is 18.2. The lowest BCUT2D eigenvalue weighted by molar-refractivity contribution is 0.0680. The van der Waals surface area contributed by atoms with Gasteiger partial charge in [0.25, 0.3) is 5.91 Å². The average Bonchev–Trinajstić information content (AvgIpc) is 2.77. The van der Waals surface area contributed by atoms with Gasteiger partial charge in [-0.15, -0.1) is 0 Å². The normalized spacial score (nSPS) is 14.8. The SMILES string of the molecule is COc1cc(CCC2CCN(C(=O)c3nc(C(C)C)ncc3Cl)CC2)cc(OC)c1. The number of halogens is 1. The standard InChI is InChI=1S/C23H30ClN3O3/c1-15(2)22-25-14-20(24)21(26-22)23(28)27-9-7-16(8-10-27)5-6-17-11-18(29-3)13-19(12-17)30-4/h11-16H,5-10H2,1-4H3. The Labute approximate surface area is 183 Å². The lowest BCUT2D eigenvalue weighted by Gasteiger charge is -2.32. The van der Waals surface area contributed by atoms with Crippen molar-refractivity contribution in [2.24, 2.45) is 5.92 Å². The molecule has 0 atom stereocenters. The van der Waals surface area contributed by atoms with Gasteiger partial charge in [-0.25, -0.2) is 9.97 Å². The van der Waals surface area contributed by atoms with Crippen LogP contribution in [0.1, 0.15) is 60.9 Å². The molecule has 0 saturated carbocycles. The fraction of sp³-hybridized carbons (Fsp3) is 0.522. The van der Waals surface area contributed by atoms with Crippen molar-refractivity contribution in [3.8, 4) is 11.5 Å². The first-order valence-corrected chi connectivity index (χ1v) is 10.8. The third kappa shape index (κ3) is 5.42. The van der Waals surface area contributed by atoms with E-state index >= 15 is 0 Å². The smallest absolute Gasteiger partial charge is 0.274 e. The quantitative estimate of drug-likeness (QED) is 0.632. The number of aryl methyl sites for hydroxylation is 1. The molecule has 1 fully saturated rings. The van der Waals surface area contributed by atoms with E-state index in [-0.39, 0.29) is 11.8 Å². The van der Waals surface area contributed by atoms with Crippen LogP contribution in [0, 0.1) is 5.92 Å². The van der Waals surface area contributed by atoms with Crippen LogP contribution >= 0.6 is 11.6 Å². The van der Waals surface area contributed by atoms with Crippen LogP contribution in [-0.2, 0) is 6.42 Å². The summed E-state index contributed by atoms with van der Waals surface area (Å²) in [6.45, 7) is 5.45. The number of benzene rings is 1. The molecule has 30 heavy (non-hydrogen) atoms. The van der Waals surface area contributed by atoms with Crippen molar-refractivity contribution in [3.63, 3.8) is 0 Å². The van der Waals surface area contributed by atoms with Gasteiger partial charge >= 0.3 is 0 Å². The number of hydrogen-bond acceptors (Lipinski definition) is 5. The zero-order chi connectivity index (χ0) is 21.7. The second-order valence-electron chi connectivity index (χ2n) is 8.07. The number of methoxy groups -OCH3 is 2. The number of amides is 1. The summed E-state index contributed by atoms with van der Waals surface area (Å²) >= 11 is 6.22. The molecule has 1 aromatic heterocycles. The van der Waals surface area contributed by atoms with Gasteiger partial charge in [0.05, 0.1) is 25.4 Å². The van der Waals surface area contributed by atoms with Gasteiger partial charge in [0.2, 0.25) is 0 Å². The highest BCUT2D eigenvalue weighted by Gasteiger charge is 2.26. The molecule has 1 saturated heterocycles. The first kappa shape index (κ1) is 22.3. The summed E-state index contributed by atoms with van der Waals surface area (Å²) in [6.07, 6.45) is 5.53. The highest BCUT2D eigenvalue weighted by molar-refractivity contribution is 6.33. The van der Waals surface area contributed by atoms with E-state index in [0.29, 0.717) is 22.5 Å². The van der Waals surface area contributed by atoms with Crippen molar-refractivity contribution < 1.29 is 14.3 Å². The molecule has 7 heteroatoms. The predicted molar refractivity (Wildman–Crippen MR) is 118 cm³/mol. The van der Waals surface area contributed by atoms with Gasteiger partial charge in [0, 0.05) is 25.1 Å². The van der Waals surface area contributed by atoms with Crippen LogP contribution in [0.5, 0.6) is 11.5 Å². The van der Waals surface area contributed by atoms with Gasteiger partial charge in [0.15, 0.2) is 5.69 Å². The number of ether oxygens (including phenoxy) is 2. The summed E-state index contributed by atoms with van der Waals surface area (Å²) in [6, 6.07) is 6.01. The number of carbonyl (C=O) groups is 1. The minimum atomic E-state index is -0.0970. The van der Waals surface area contributed by atoms with E-state index in [1.54, 1.807) is 14.2 Å². The van der Waals surface area contributed by atoms with Gasteiger partial charge in [-0.3, -0.25) is 4.79 Å². The molecular formula is C23H30ClN3O3. The molecule has 1 aromatic carbocycles. The monoisotopic (exact) mass is 431 g/mol. The summed E-state index contributed by atoms with van der Waals surface area (Å²) in [5.41, 5.74) is 1.52. The van der Waals surface area contributed by atoms with Gasteiger partial charge in [0.1, 0.15) is 17.3 Å². The summed E-state index contributed by atoms with van der Waals surface area (Å²) < 4.78 is 10.7. The highest BCUT2D eigenvalue weighted by atomic mass is 35.5. The zero-order valence-corrected chi connectivity index (χ0v) is 18.9. The van der Waals surface area contributed by atoms with Crippen LogP contribution in [0.25, 0.3) is 0 Å². The minimum absolute atomic E-state index is 0.0970. The Morgan fingerprint density at radius 2 is 1.80 bits per heavy atom. The maximum atomic E-state index is 12.9. The van der Waals surface area contributed by atoms with Gasteiger partial charge < -0.3 is 14.4 Å². The number of hydrogen-bond donors (Lipinski definition) is 0. The molecule has 0 spiro atoms. The molecule has 1 aliphatic heterocycles. The van der Waals surface area contributed by atoms with Crippen LogP contribution in [0.3, 0.4) is 0 Å². The van der Waals surface area contributed by atoms with Crippen molar-refractivity contribution in [2.45, 2.75) is 45.4 Å². The Kier molecular flexibility index (Phi) is 7.53. The first-order chi connectivity index (χ1) is 14.4. The third-order valence-electron chi connectivity index (χ3n) is 5.64. The molecule has 2 heterocycles. The molecule has 0 aliphatic carbocycles. The van der Waals surface area contributed by atoms with Crippen LogP contribution in [0.2, 0.25) is 5.02 Å². The summed E-state index contributed by atoms with van der Waals surface area (Å²) in [5, 5.41) is 0.318. The Morgan fingerprint density at radius 3 is 2.37 bits per heavy atom. The fourth-order valence-electron chi connectivity index (χ4n) is 3.76. The number of likely N-dealkylation sites (tertiary alicyclic amines) is 1. The van der Waals surface area contributed by atoms with E-state index in [4.69, 9.17) is 21.1 Å². The molecule has 1 aliphatic rings. The Hall–Kier alpha value is -2.34. The van der Waals surface area contributed by atoms with E-state index in [1.807, 2.05) is 24.8 Å². The topological polar surface area (TPSA) is 64.5 Å². The average molecular weight is 432 g/mol. The molecule has 0 unspecified atom stereocenters. The van der Waals surface area contributed by atoms with Crippen LogP contribution in [0.15, 0.2) is 24.4 Å². The second kappa shape index (κ2) is 10.1. The van der Waals surface area contributed by atoms with Gasteiger partial charge in [-0.1, -0.05) is 25.4 Å². The van der Waals surface area contributed by atoms with E-state index in [0.717, 1.165) is 50.3 Å². The molecule has 162 valence electrons. The second-order valence-corrected chi connectivity index (χ2v) is 8.48. The first-order valence-electron chi connectivity index (χ1n) is 10.4. The fourth-order valence-corrected chi connectivity index (χ4v) is 3.94. The van der Waals surface area contributed by atoms with Crippen molar-refractivity contribution in [1.82, 2.24) is 14.9 Å². The molecule has 3 rings (SSSR count). The third-order valence-corrected chi connectivity index (χ3v) is 5.91. The molecule has 0 bridgehead atoms. The van der Waals surface area contributed by atoms with Crippen molar-refractivity contribution in [1.29, 1.82) is 0 Å². The van der Waals surface area contributed by atoms with E-state index in [1.165, 1.54) is 11.8 Å². The van der Waals surface area contributed by atoms with Gasteiger partial charge in [-0.2, -0.15) is 0 Å².